The average Bonchev–Trinajstić information content (AvgIpc) is 2.19. The highest BCUT2D eigenvalue weighted by atomic mass is 35.5. The fraction of sp³-hybridized carbons (Fsp3) is 0.333. The first-order valence-corrected chi connectivity index (χ1v) is 4.70. The summed E-state index contributed by atoms with van der Waals surface area (Å²) >= 11 is 5.65. The van der Waals surface area contributed by atoms with E-state index in [-0.39, 0.29) is 12.4 Å². The third kappa shape index (κ3) is 2.01. The Morgan fingerprint density at radius 3 is 2.71 bits per heavy atom. The van der Waals surface area contributed by atoms with Crippen LogP contribution < -0.4 is 4.90 Å². The number of hydrogen-bond donors (Lipinski definition) is 0. The summed E-state index contributed by atoms with van der Waals surface area (Å²) in [7, 11) is 0. The van der Waals surface area contributed by atoms with Gasteiger partial charge in [0.2, 0.25) is 5.95 Å². The molecule has 0 amide bonds. The number of nitrogens with zero attached hydrogens (tertiary/aromatic N) is 3. The van der Waals surface area contributed by atoms with Gasteiger partial charge in [-0.2, -0.15) is 0 Å². The molecule has 0 saturated heterocycles. The predicted molar refractivity (Wildman–Crippen MR) is 53.1 cm³/mol. The highest BCUT2D eigenvalue weighted by molar-refractivity contribution is 6.30. The molecule has 1 aliphatic heterocycles. The van der Waals surface area contributed by atoms with Crippen molar-refractivity contribution in [2.45, 2.75) is 6.42 Å². The molecule has 2 rings (SSSR count). The fourth-order valence-electron chi connectivity index (χ4n) is 1.34. The molecule has 3 nitrogen and oxygen atoms in total. The van der Waals surface area contributed by atoms with Crippen molar-refractivity contribution in [1.29, 1.82) is 0 Å². The number of halogens is 2. The van der Waals surface area contributed by atoms with E-state index in [0.29, 0.717) is 17.4 Å². The maximum atomic E-state index is 12.9. The molecule has 2 heterocycles. The first-order valence-electron chi connectivity index (χ1n) is 4.33. The zero-order valence-electron chi connectivity index (χ0n) is 7.45. The van der Waals surface area contributed by atoms with E-state index in [4.69, 9.17) is 11.6 Å². The predicted octanol–water partition coefficient (Wildman–Crippen LogP) is 2.19. The topological polar surface area (TPSA) is 29.0 Å². The highest BCUT2D eigenvalue weighted by Gasteiger charge is 2.14. The van der Waals surface area contributed by atoms with Crippen LogP contribution in [0.25, 0.3) is 0 Å². The fourth-order valence-corrected chi connectivity index (χ4v) is 1.44. The number of hydrogen-bond acceptors (Lipinski definition) is 3. The van der Waals surface area contributed by atoms with Crippen molar-refractivity contribution in [1.82, 2.24) is 9.97 Å². The van der Waals surface area contributed by atoms with Crippen LogP contribution in [-0.2, 0) is 0 Å². The molecule has 0 fully saturated rings. The lowest BCUT2D eigenvalue weighted by atomic mass is 10.2. The molecule has 0 aliphatic carbocycles. The van der Waals surface area contributed by atoms with E-state index in [1.807, 2.05) is 0 Å². The Hall–Kier alpha value is -1.16. The molecule has 0 atom stereocenters. The molecule has 1 aromatic rings. The Morgan fingerprint density at radius 1 is 1.36 bits per heavy atom. The van der Waals surface area contributed by atoms with Gasteiger partial charge in [0.05, 0.1) is 24.0 Å². The van der Waals surface area contributed by atoms with Gasteiger partial charge >= 0.3 is 0 Å². The molecule has 1 aromatic heterocycles. The smallest absolute Gasteiger partial charge is 0.225 e. The Labute approximate surface area is 86.2 Å². The maximum Gasteiger partial charge on any atom is 0.225 e. The SMILES string of the molecule is FC1=CCCN(c2ncc(Cl)cn2)C1. The molecule has 5 heteroatoms. The second-order valence-corrected chi connectivity index (χ2v) is 3.50. The number of anilines is 1. The van der Waals surface area contributed by atoms with Gasteiger partial charge in [-0.3, -0.25) is 0 Å². The standard InChI is InChI=1S/C9H9ClFN3/c10-7-4-12-9(13-5-7)14-3-1-2-8(11)6-14/h2,4-5H,1,3,6H2. The third-order valence-corrected chi connectivity index (χ3v) is 2.19. The van der Waals surface area contributed by atoms with Crippen molar-refractivity contribution in [2.24, 2.45) is 0 Å². The lowest BCUT2D eigenvalue weighted by Gasteiger charge is -2.23. The van der Waals surface area contributed by atoms with Crippen LogP contribution in [0.1, 0.15) is 6.42 Å². The summed E-state index contributed by atoms with van der Waals surface area (Å²) < 4.78 is 12.9. The summed E-state index contributed by atoms with van der Waals surface area (Å²) in [6.07, 6.45) is 5.31. The van der Waals surface area contributed by atoms with Gasteiger partial charge < -0.3 is 4.90 Å². The molecular weight excluding hydrogens is 205 g/mol. The van der Waals surface area contributed by atoms with Crippen molar-refractivity contribution >= 4 is 17.5 Å². The minimum atomic E-state index is -0.130. The van der Waals surface area contributed by atoms with Crippen LogP contribution in [0.15, 0.2) is 24.3 Å². The van der Waals surface area contributed by atoms with Crippen LogP contribution in [0, 0.1) is 0 Å². The summed E-state index contributed by atoms with van der Waals surface area (Å²) in [4.78, 5) is 9.83. The number of rotatable bonds is 1. The second-order valence-electron chi connectivity index (χ2n) is 3.06. The summed E-state index contributed by atoms with van der Waals surface area (Å²) in [6.45, 7) is 0.997. The molecular formula is C9H9ClFN3. The molecule has 0 bridgehead atoms. The molecule has 0 spiro atoms. The van der Waals surface area contributed by atoms with Crippen LogP contribution in [0.3, 0.4) is 0 Å². The van der Waals surface area contributed by atoms with E-state index in [1.165, 1.54) is 12.4 Å². The zero-order chi connectivity index (χ0) is 9.97. The van der Waals surface area contributed by atoms with Gasteiger partial charge in [0.1, 0.15) is 5.83 Å². The van der Waals surface area contributed by atoms with E-state index in [2.05, 4.69) is 9.97 Å². The molecule has 0 unspecified atom stereocenters. The van der Waals surface area contributed by atoms with E-state index in [0.717, 1.165) is 6.54 Å². The van der Waals surface area contributed by atoms with Gasteiger partial charge in [-0.05, 0) is 12.5 Å². The van der Waals surface area contributed by atoms with Crippen molar-refractivity contribution in [2.75, 3.05) is 18.0 Å². The Kier molecular flexibility index (Phi) is 2.63. The lowest BCUT2D eigenvalue weighted by molar-refractivity contribution is 0.570. The van der Waals surface area contributed by atoms with E-state index in [1.54, 1.807) is 11.0 Å². The molecule has 1 aliphatic rings. The van der Waals surface area contributed by atoms with Gasteiger partial charge in [-0.25, -0.2) is 14.4 Å². The quantitative estimate of drug-likeness (QED) is 0.716. The van der Waals surface area contributed by atoms with Crippen LogP contribution in [0.4, 0.5) is 10.3 Å². The Morgan fingerprint density at radius 2 is 2.07 bits per heavy atom. The largest absolute Gasteiger partial charge is 0.334 e. The van der Waals surface area contributed by atoms with E-state index in [9.17, 15) is 4.39 Å². The zero-order valence-corrected chi connectivity index (χ0v) is 8.21. The second kappa shape index (κ2) is 3.92. The van der Waals surface area contributed by atoms with Crippen molar-refractivity contribution in [3.63, 3.8) is 0 Å². The molecule has 0 radical (unpaired) electrons. The van der Waals surface area contributed by atoms with Gasteiger partial charge in [0.15, 0.2) is 0 Å². The van der Waals surface area contributed by atoms with Crippen LogP contribution in [-0.4, -0.2) is 23.1 Å². The van der Waals surface area contributed by atoms with E-state index >= 15 is 0 Å². The molecule has 0 N–H and O–H groups in total. The summed E-state index contributed by atoms with van der Waals surface area (Å²) in [5.74, 6) is 0.396. The minimum absolute atomic E-state index is 0.130. The summed E-state index contributed by atoms with van der Waals surface area (Å²) in [6, 6.07) is 0. The van der Waals surface area contributed by atoms with Crippen molar-refractivity contribution in [3.05, 3.63) is 29.3 Å². The van der Waals surface area contributed by atoms with Crippen LogP contribution in [0.2, 0.25) is 5.02 Å². The summed E-state index contributed by atoms with van der Waals surface area (Å²) in [5, 5.41) is 0.488. The molecule has 0 saturated carbocycles. The Bertz CT molecular complexity index is 350. The summed E-state index contributed by atoms with van der Waals surface area (Å²) in [5.41, 5.74) is 0. The molecule has 14 heavy (non-hydrogen) atoms. The van der Waals surface area contributed by atoms with E-state index < -0.39 is 0 Å². The van der Waals surface area contributed by atoms with Gasteiger partial charge in [-0.1, -0.05) is 11.6 Å². The molecule has 0 aromatic carbocycles. The average molecular weight is 214 g/mol. The first-order chi connectivity index (χ1) is 6.75. The maximum absolute atomic E-state index is 12.9. The Balaban J connectivity index is 2.16. The van der Waals surface area contributed by atoms with Gasteiger partial charge in [0, 0.05) is 6.54 Å². The first kappa shape index (κ1) is 9.40. The third-order valence-electron chi connectivity index (χ3n) is 2.00. The minimum Gasteiger partial charge on any atom is -0.334 e. The van der Waals surface area contributed by atoms with Crippen molar-refractivity contribution in [3.8, 4) is 0 Å². The monoisotopic (exact) mass is 213 g/mol. The normalized spacial score (nSPS) is 16.7. The van der Waals surface area contributed by atoms with Gasteiger partial charge in [-0.15, -0.1) is 0 Å². The lowest BCUT2D eigenvalue weighted by Crippen LogP contribution is -2.30. The van der Waals surface area contributed by atoms with Gasteiger partial charge in [0.25, 0.3) is 0 Å². The highest BCUT2D eigenvalue weighted by Crippen LogP contribution is 2.16. The molecule has 74 valence electrons. The number of aromatic nitrogens is 2. The van der Waals surface area contributed by atoms with Crippen molar-refractivity contribution < 1.29 is 4.39 Å². The van der Waals surface area contributed by atoms with Crippen LogP contribution in [0.5, 0.6) is 0 Å². The van der Waals surface area contributed by atoms with Crippen LogP contribution >= 0.6 is 11.6 Å².